The minimum Gasteiger partial charge on any atom is -0.356 e. The normalized spacial score (nSPS) is 24.6. The van der Waals surface area contributed by atoms with Crippen molar-refractivity contribution in [1.29, 1.82) is 0 Å². The number of hydrogen-bond donors (Lipinski definition) is 1. The van der Waals surface area contributed by atoms with Crippen LogP contribution in [0.25, 0.3) is 0 Å². The van der Waals surface area contributed by atoms with E-state index in [1.807, 2.05) is 6.20 Å². The summed E-state index contributed by atoms with van der Waals surface area (Å²) in [5, 5.41) is 3.46. The first-order chi connectivity index (χ1) is 8.88. The molecule has 4 nitrogen and oxygen atoms in total. The maximum Gasteiger partial charge on any atom is 0.203 e. The molecule has 1 aliphatic carbocycles. The molecule has 0 spiro atoms. The summed E-state index contributed by atoms with van der Waals surface area (Å²) < 4.78 is 2.35. The van der Waals surface area contributed by atoms with Crippen LogP contribution in [0.1, 0.15) is 45.1 Å². The van der Waals surface area contributed by atoms with Gasteiger partial charge in [-0.2, -0.15) is 0 Å². The Hall–Kier alpha value is -1.03. The van der Waals surface area contributed by atoms with Crippen molar-refractivity contribution in [2.75, 3.05) is 25.0 Å². The molecule has 1 atom stereocenters. The predicted molar refractivity (Wildman–Crippen MR) is 73.9 cm³/mol. The average molecular weight is 248 g/mol. The molecular weight excluding hydrogens is 224 g/mol. The van der Waals surface area contributed by atoms with Gasteiger partial charge in [0.2, 0.25) is 5.95 Å². The Morgan fingerprint density at radius 1 is 1.33 bits per heavy atom. The van der Waals surface area contributed by atoms with Crippen LogP contribution in [0, 0.1) is 0 Å². The summed E-state index contributed by atoms with van der Waals surface area (Å²) in [5.74, 6) is 1.06. The summed E-state index contributed by atoms with van der Waals surface area (Å²) in [6.07, 6.45) is 10.6. The van der Waals surface area contributed by atoms with Gasteiger partial charge in [0.25, 0.3) is 0 Å². The average Bonchev–Trinajstić information content (AvgIpc) is 2.93. The van der Waals surface area contributed by atoms with Crippen molar-refractivity contribution >= 4 is 5.95 Å². The largest absolute Gasteiger partial charge is 0.356 e. The SMILES string of the molecule is CCCCNc1nccn1C1CCN(C2CC2)C1. The zero-order valence-electron chi connectivity index (χ0n) is 11.3. The van der Waals surface area contributed by atoms with Gasteiger partial charge in [-0.1, -0.05) is 13.3 Å². The summed E-state index contributed by atoms with van der Waals surface area (Å²) >= 11 is 0. The molecule has 4 heteroatoms. The fourth-order valence-electron chi connectivity index (χ4n) is 2.89. The zero-order valence-corrected chi connectivity index (χ0v) is 11.3. The minimum absolute atomic E-state index is 0.622. The lowest BCUT2D eigenvalue weighted by Crippen LogP contribution is -2.24. The second-order valence-corrected chi connectivity index (χ2v) is 5.61. The van der Waals surface area contributed by atoms with Crippen molar-refractivity contribution in [2.45, 2.75) is 51.1 Å². The minimum atomic E-state index is 0.622. The van der Waals surface area contributed by atoms with Gasteiger partial charge < -0.3 is 9.88 Å². The van der Waals surface area contributed by atoms with E-state index in [0.29, 0.717) is 6.04 Å². The molecule has 3 rings (SSSR count). The highest BCUT2D eigenvalue weighted by Gasteiger charge is 2.35. The molecule has 0 amide bonds. The first-order valence-electron chi connectivity index (χ1n) is 7.39. The van der Waals surface area contributed by atoms with E-state index in [1.54, 1.807) is 0 Å². The number of aromatic nitrogens is 2. The molecule has 1 unspecified atom stereocenters. The summed E-state index contributed by atoms with van der Waals surface area (Å²) in [6, 6.07) is 1.52. The fraction of sp³-hybridized carbons (Fsp3) is 0.786. The topological polar surface area (TPSA) is 33.1 Å². The van der Waals surface area contributed by atoms with Gasteiger partial charge in [-0.25, -0.2) is 4.98 Å². The van der Waals surface area contributed by atoms with Gasteiger partial charge in [-0.05, 0) is 25.7 Å². The van der Waals surface area contributed by atoms with Gasteiger partial charge in [0, 0.05) is 38.1 Å². The molecule has 0 aromatic carbocycles. The molecular formula is C14H24N4. The van der Waals surface area contributed by atoms with Gasteiger partial charge in [0.15, 0.2) is 0 Å². The quantitative estimate of drug-likeness (QED) is 0.785. The molecule has 1 aliphatic heterocycles. The molecule has 2 heterocycles. The number of anilines is 1. The van der Waals surface area contributed by atoms with E-state index in [0.717, 1.165) is 18.5 Å². The number of unbranched alkanes of at least 4 members (excludes halogenated alkanes) is 1. The number of nitrogens with zero attached hydrogens (tertiary/aromatic N) is 3. The van der Waals surface area contributed by atoms with Crippen LogP contribution in [0.2, 0.25) is 0 Å². The predicted octanol–water partition coefficient (Wildman–Crippen LogP) is 2.50. The van der Waals surface area contributed by atoms with Gasteiger partial charge in [-0.3, -0.25) is 4.90 Å². The molecule has 1 aromatic heterocycles. The lowest BCUT2D eigenvalue weighted by atomic mass is 10.2. The van der Waals surface area contributed by atoms with Crippen LogP contribution in [0.5, 0.6) is 0 Å². The van der Waals surface area contributed by atoms with Gasteiger partial charge in [0.05, 0.1) is 6.04 Å². The Kier molecular flexibility index (Phi) is 3.55. The van der Waals surface area contributed by atoms with Crippen LogP contribution in [0.4, 0.5) is 5.95 Å². The van der Waals surface area contributed by atoms with E-state index >= 15 is 0 Å². The molecule has 100 valence electrons. The van der Waals surface area contributed by atoms with Crippen LogP contribution >= 0.6 is 0 Å². The second-order valence-electron chi connectivity index (χ2n) is 5.61. The maximum absolute atomic E-state index is 4.45. The molecule has 1 aromatic rings. The number of hydrogen-bond acceptors (Lipinski definition) is 3. The zero-order chi connectivity index (χ0) is 12.4. The van der Waals surface area contributed by atoms with E-state index in [1.165, 1.54) is 45.2 Å². The van der Waals surface area contributed by atoms with Gasteiger partial charge in [-0.15, -0.1) is 0 Å². The molecule has 1 saturated heterocycles. The van der Waals surface area contributed by atoms with Crippen LogP contribution < -0.4 is 5.32 Å². The molecule has 18 heavy (non-hydrogen) atoms. The van der Waals surface area contributed by atoms with Crippen molar-refractivity contribution < 1.29 is 0 Å². The van der Waals surface area contributed by atoms with E-state index in [9.17, 15) is 0 Å². The first-order valence-corrected chi connectivity index (χ1v) is 7.39. The van der Waals surface area contributed by atoms with Crippen molar-refractivity contribution in [2.24, 2.45) is 0 Å². The van der Waals surface area contributed by atoms with Crippen LogP contribution in [-0.2, 0) is 0 Å². The Morgan fingerprint density at radius 3 is 3.00 bits per heavy atom. The molecule has 0 bridgehead atoms. The Labute approximate surface area is 109 Å². The van der Waals surface area contributed by atoms with Gasteiger partial charge >= 0.3 is 0 Å². The van der Waals surface area contributed by atoms with Gasteiger partial charge in [0.1, 0.15) is 0 Å². The smallest absolute Gasteiger partial charge is 0.203 e. The highest BCUT2D eigenvalue weighted by molar-refractivity contribution is 5.27. The number of rotatable bonds is 6. The maximum atomic E-state index is 4.45. The molecule has 1 N–H and O–H groups in total. The Morgan fingerprint density at radius 2 is 2.22 bits per heavy atom. The van der Waals surface area contributed by atoms with E-state index < -0.39 is 0 Å². The van der Waals surface area contributed by atoms with Crippen LogP contribution in [0.15, 0.2) is 12.4 Å². The molecule has 2 fully saturated rings. The summed E-state index contributed by atoms with van der Waals surface area (Å²) in [6.45, 7) is 5.73. The lowest BCUT2D eigenvalue weighted by Gasteiger charge is -2.18. The van der Waals surface area contributed by atoms with E-state index in [2.05, 4.69) is 32.9 Å². The summed E-state index contributed by atoms with van der Waals surface area (Å²) in [5.41, 5.74) is 0. The molecule has 2 aliphatic rings. The number of imidazole rings is 1. The van der Waals surface area contributed by atoms with E-state index in [-0.39, 0.29) is 0 Å². The van der Waals surface area contributed by atoms with Crippen molar-refractivity contribution in [3.63, 3.8) is 0 Å². The summed E-state index contributed by atoms with van der Waals surface area (Å²) in [7, 11) is 0. The van der Waals surface area contributed by atoms with Crippen molar-refractivity contribution in [3.8, 4) is 0 Å². The Bertz CT molecular complexity index is 383. The van der Waals surface area contributed by atoms with E-state index in [4.69, 9.17) is 0 Å². The van der Waals surface area contributed by atoms with Crippen molar-refractivity contribution in [1.82, 2.24) is 14.5 Å². The summed E-state index contributed by atoms with van der Waals surface area (Å²) in [4.78, 5) is 7.10. The highest BCUT2D eigenvalue weighted by Crippen LogP contribution is 2.34. The Balaban J connectivity index is 1.59. The monoisotopic (exact) mass is 248 g/mol. The third-order valence-corrected chi connectivity index (χ3v) is 4.13. The fourth-order valence-corrected chi connectivity index (χ4v) is 2.89. The third kappa shape index (κ3) is 2.53. The number of likely N-dealkylation sites (tertiary alicyclic amines) is 1. The highest BCUT2D eigenvalue weighted by atomic mass is 15.3. The first kappa shape index (κ1) is 12.0. The number of nitrogens with one attached hydrogen (secondary N) is 1. The van der Waals surface area contributed by atoms with Crippen molar-refractivity contribution in [3.05, 3.63) is 12.4 Å². The molecule has 0 radical (unpaired) electrons. The van der Waals surface area contributed by atoms with Crippen LogP contribution in [0.3, 0.4) is 0 Å². The molecule has 1 saturated carbocycles. The second kappa shape index (κ2) is 5.31. The lowest BCUT2D eigenvalue weighted by molar-refractivity contribution is 0.314. The third-order valence-electron chi connectivity index (χ3n) is 4.13. The van der Waals surface area contributed by atoms with Crippen LogP contribution in [-0.4, -0.2) is 40.1 Å². The standard InChI is InChI=1S/C14H24N4/c1-2-3-7-15-14-16-8-10-18(14)13-6-9-17(11-13)12-4-5-12/h8,10,12-13H,2-7,9,11H2,1H3,(H,15,16).